The zero-order valence-electron chi connectivity index (χ0n) is 12.4. The number of carbonyl (C=O) groups is 1. The molecule has 0 saturated heterocycles. The molecule has 2 aromatic heterocycles. The lowest BCUT2D eigenvalue weighted by Gasteiger charge is -2.07. The highest BCUT2D eigenvalue weighted by Gasteiger charge is 2.10. The first kappa shape index (κ1) is 15.1. The molecule has 7 heteroatoms. The van der Waals surface area contributed by atoms with Crippen molar-refractivity contribution in [3.8, 4) is 0 Å². The van der Waals surface area contributed by atoms with Crippen LogP contribution in [0.15, 0.2) is 47.4 Å². The van der Waals surface area contributed by atoms with Crippen molar-refractivity contribution in [2.45, 2.75) is 13.5 Å². The number of hydrogen-bond acceptors (Lipinski definition) is 4. The van der Waals surface area contributed by atoms with Crippen LogP contribution in [0.2, 0.25) is 0 Å². The second-order valence-corrected chi connectivity index (χ2v) is 5.30. The molecule has 0 aliphatic heterocycles. The number of benzene rings is 1. The van der Waals surface area contributed by atoms with E-state index in [1.165, 1.54) is 4.57 Å². The smallest absolute Gasteiger partial charge is 0.262 e. The molecule has 116 valence electrons. The molecule has 1 aromatic carbocycles. The number of nitrogens with one attached hydrogen (secondary N) is 2. The van der Waals surface area contributed by atoms with Crippen LogP contribution in [-0.4, -0.2) is 20.4 Å². The van der Waals surface area contributed by atoms with Crippen LogP contribution in [0.5, 0.6) is 0 Å². The Morgan fingerprint density at radius 1 is 1.35 bits per heavy atom. The molecule has 3 aromatic rings. The molecule has 0 atom stereocenters. The van der Waals surface area contributed by atoms with Gasteiger partial charge in [0.1, 0.15) is 5.82 Å². The van der Waals surface area contributed by atoms with Crippen molar-refractivity contribution >= 4 is 34.8 Å². The van der Waals surface area contributed by atoms with E-state index < -0.39 is 0 Å². The molecule has 0 bridgehead atoms. The number of rotatable bonds is 3. The predicted octanol–water partition coefficient (Wildman–Crippen LogP) is 2.73. The fraction of sp³-hybridized carbons (Fsp3) is 0.125. The van der Waals surface area contributed by atoms with Gasteiger partial charge in [-0.15, -0.1) is 0 Å². The standard InChI is InChI=1S/C16H14N4O2S/c1-2-20-15(22)11-7-6-10(9-12(11)18-16(20)23)14(21)19-13-5-3-4-8-17-13/h3-9H,2H2,1H3,(H,18,23)(H,17,19,21). The van der Waals surface area contributed by atoms with Crippen LogP contribution in [0.25, 0.3) is 10.9 Å². The van der Waals surface area contributed by atoms with E-state index in [1.54, 1.807) is 42.6 Å². The number of amides is 1. The molecule has 23 heavy (non-hydrogen) atoms. The minimum Gasteiger partial charge on any atom is -0.332 e. The highest BCUT2D eigenvalue weighted by molar-refractivity contribution is 7.71. The van der Waals surface area contributed by atoms with Gasteiger partial charge < -0.3 is 10.3 Å². The largest absolute Gasteiger partial charge is 0.332 e. The second-order valence-electron chi connectivity index (χ2n) is 4.91. The van der Waals surface area contributed by atoms with E-state index in [9.17, 15) is 9.59 Å². The van der Waals surface area contributed by atoms with Gasteiger partial charge in [-0.25, -0.2) is 4.98 Å². The molecule has 3 rings (SSSR count). The fourth-order valence-electron chi connectivity index (χ4n) is 2.31. The van der Waals surface area contributed by atoms with Crippen molar-refractivity contribution < 1.29 is 4.79 Å². The van der Waals surface area contributed by atoms with E-state index in [0.29, 0.717) is 33.6 Å². The summed E-state index contributed by atoms with van der Waals surface area (Å²) in [6, 6.07) is 10.1. The lowest BCUT2D eigenvalue weighted by molar-refractivity contribution is 0.102. The van der Waals surface area contributed by atoms with Crippen molar-refractivity contribution in [2.24, 2.45) is 0 Å². The maximum atomic E-state index is 12.3. The lowest BCUT2D eigenvalue weighted by Crippen LogP contribution is -2.21. The molecule has 1 amide bonds. The maximum absolute atomic E-state index is 12.3. The summed E-state index contributed by atoms with van der Waals surface area (Å²) in [5.41, 5.74) is 0.795. The molecule has 0 radical (unpaired) electrons. The Hall–Kier alpha value is -2.80. The molecular formula is C16H14N4O2S. The highest BCUT2D eigenvalue weighted by atomic mass is 32.1. The topological polar surface area (TPSA) is 79.8 Å². The Kier molecular flexibility index (Phi) is 4.03. The number of pyridine rings is 1. The van der Waals surface area contributed by atoms with Gasteiger partial charge in [0.25, 0.3) is 11.5 Å². The minimum atomic E-state index is -0.301. The number of carbonyl (C=O) groups excluding carboxylic acids is 1. The third kappa shape index (κ3) is 2.91. The number of fused-ring (bicyclic) bond motifs is 1. The molecule has 0 saturated carbocycles. The first-order valence-electron chi connectivity index (χ1n) is 7.09. The summed E-state index contributed by atoms with van der Waals surface area (Å²) < 4.78 is 1.82. The van der Waals surface area contributed by atoms with Crippen molar-refractivity contribution in [1.29, 1.82) is 0 Å². The lowest BCUT2D eigenvalue weighted by atomic mass is 10.1. The molecule has 2 heterocycles. The fourth-order valence-corrected chi connectivity index (χ4v) is 2.63. The minimum absolute atomic E-state index is 0.164. The molecule has 0 unspecified atom stereocenters. The molecular weight excluding hydrogens is 312 g/mol. The summed E-state index contributed by atoms with van der Waals surface area (Å²) in [7, 11) is 0. The van der Waals surface area contributed by atoms with E-state index >= 15 is 0 Å². The Balaban J connectivity index is 2.02. The van der Waals surface area contributed by atoms with Crippen LogP contribution in [-0.2, 0) is 6.54 Å². The average molecular weight is 326 g/mol. The van der Waals surface area contributed by atoms with E-state index in [2.05, 4.69) is 15.3 Å². The number of hydrogen-bond donors (Lipinski definition) is 2. The first-order chi connectivity index (χ1) is 11.1. The van der Waals surface area contributed by atoms with Crippen molar-refractivity contribution in [3.05, 3.63) is 63.3 Å². The van der Waals surface area contributed by atoms with Gasteiger partial charge >= 0.3 is 0 Å². The number of aromatic amines is 1. The van der Waals surface area contributed by atoms with Gasteiger partial charge in [-0.3, -0.25) is 14.2 Å². The molecule has 0 fully saturated rings. The van der Waals surface area contributed by atoms with Crippen molar-refractivity contribution in [3.63, 3.8) is 0 Å². The van der Waals surface area contributed by atoms with Gasteiger partial charge in [0.05, 0.1) is 10.9 Å². The van der Waals surface area contributed by atoms with E-state index in [-0.39, 0.29) is 11.5 Å². The third-order valence-corrected chi connectivity index (χ3v) is 3.79. The normalized spacial score (nSPS) is 10.7. The summed E-state index contributed by atoms with van der Waals surface area (Å²) in [6.07, 6.45) is 1.60. The molecule has 2 N–H and O–H groups in total. The van der Waals surface area contributed by atoms with Gasteiger partial charge in [-0.2, -0.15) is 0 Å². The number of nitrogens with zero attached hydrogens (tertiary/aromatic N) is 2. The van der Waals surface area contributed by atoms with Crippen LogP contribution < -0.4 is 10.9 Å². The SMILES string of the molecule is CCn1c(=S)[nH]c2cc(C(=O)Nc3ccccn3)ccc2c1=O. The van der Waals surface area contributed by atoms with E-state index in [1.807, 2.05) is 6.92 Å². The monoisotopic (exact) mass is 326 g/mol. The van der Waals surface area contributed by atoms with Gasteiger partial charge in [-0.05, 0) is 49.5 Å². The third-order valence-electron chi connectivity index (χ3n) is 3.47. The quantitative estimate of drug-likeness (QED) is 0.725. The summed E-state index contributed by atoms with van der Waals surface area (Å²) in [5, 5.41) is 3.20. The van der Waals surface area contributed by atoms with Crippen LogP contribution >= 0.6 is 12.2 Å². The predicted molar refractivity (Wildman–Crippen MR) is 91.3 cm³/mol. The summed E-state index contributed by atoms with van der Waals surface area (Å²) in [4.78, 5) is 31.6. The van der Waals surface area contributed by atoms with Crippen molar-refractivity contribution in [1.82, 2.24) is 14.5 Å². The van der Waals surface area contributed by atoms with Gasteiger partial charge in [0.2, 0.25) is 0 Å². The Morgan fingerprint density at radius 2 is 2.17 bits per heavy atom. The van der Waals surface area contributed by atoms with Crippen molar-refractivity contribution in [2.75, 3.05) is 5.32 Å². The first-order valence-corrected chi connectivity index (χ1v) is 7.50. The number of aromatic nitrogens is 3. The van der Waals surface area contributed by atoms with Gasteiger partial charge in [0, 0.05) is 18.3 Å². The molecule has 6 nitrogen and oxygen atoms in total. The zero-order chi connectivity index (χ0) is 16.4. The highest BCUT2D eigenvalue weighted by Crippen LogP contribution is 2.12. The average Bonchev–Trinajstić information content (AvgIpc) is 2.55. The van der Waals surface area contributed by atoms with Crippen LogP contribution in [0.1, 0.15) is 17.3 Å². The Labute approximate surface area is 136 Å². The number of anilines is 1. The summed E-state index contributed by atoms with van der Waals surface area (Å²) >= 11 is 5.18. The van der Waals surface area contributed by atoms with Crippen LogP contribution in [0.3, 0.4) is 0 Å². The van der Waals surface area contributed by atoms with Gasteiger partial charge in [0.15, 0.2) is 4.77 Å². The molecule has 0 spiro atoms. The number of H-pyrrole nitrogens is 1. The maximum Gasteiger partial charge on any atom is 0.262 e. The Morgan fingerprint density at radius 3 is 2.87 bits per heavy atom. The van der Waals surface area contributed by atoms with Crippen LogP contribution in [0.4, 0.5) is 5.82 Å². The van der Waals surface area contributed by atoms with E-state index in [4.69, 9.17) is 12.2 Å². The van der Waals surface area contributed by atoms with E-state index in [0.717, 1.165) is 0 Å². The molecule has 0 aliphatic carbocycles. The Bertz CT molecular complexity index is 992. The second kappa shape index (κ2) is 6.13. The summed E-state index contributed by atoms with van der Waals surface area (Å²) in [5.74, 6) is 0.163. The van der Waals surface area contributed by atoms with Crippen LogP contribution in [0, 0.1) is 4.77 Å². The molecule has 0 aliphatic rings. The summed E-state index contributed by atoms with van der Waals surface area (Å²) in [6.45, 7) is 2.34. The van der Waals surface area contributed by atoms with Gasteiger partial charge in [-0.1, -0.05) is 6.07 Å². The zero-order valence-corrected chi connectivity index (χ0v) is 13.2.